The molecule has 5 aromatic rings. The second-order valence-corrected chi connectivity index (χ2v) is 7.22. The van der Waals surface area contributed by atoms with Gasteiger partial charge in [0.15, 0.2) is 5.65 Å². The molecule has 0 amide bonds. The van der Waals surface area contributed by atoms with Gasteiger partial charge in [0, 0.05) is 5.56 Å². The first kappa shape index (κ1) is 19.4. The second-order valence-electron chi connectivity index (χ2n) is 7.22. The van der Waals surface area contributed by atoms with E-state index in [0.717, 1.165) is 5.69 Å². The number of aromatic amines is 2. The summed E-state index contributed by atoms with van der Waals surface area (Å²) >= 11 is 0. The highest BCUT2D eigenvalue weighted by Gasteiger charge is 2.21. The molecule has 158 valence electrons. The van der Waals surface area contributed by atoms with Gasteiger partial charge in [-0.3, -0.25) is 14.8 Å². The number of benzene rings is 2. The van der Waals surface area contributed by atoms with Crippen molar-refractivity contribution in [1.82, 2.24) is 24.7 Å². The van der Waals surface area contributed by atoms with Crippen molar-refractivity contribution in [3.8, 4) is 16.8 Å². The Bertz CT molecular complexity index is 1610. The summed E-state index contributed by atoms with van der Waals surface area (Å²) in [5, 5.41) is 5.56. The molecule has 0 bridgehead atoms. The summed E-state index contributed by atoms with van der Waals surface area (Å²) in [6, 6.07) is 16.2. The van der Waals surface area contributed by atoms with E-state index in [-0.39, 0.29) is 11.0 Å². The summed E-state index contributed by atoms with van der Waals surface area (Å²) in [7, 11) is 1.31. The molecule has 5 rings (SSSR count). The number of methoxy groups -OCH3 is 1. The number of nitrogens with zero attached hydrogens (tertiary/aromatic N) is 3. The highest BCUT2D eigenvalue weighted by molar-refractivity contribution is 6.09. The van der Waals surface area contributed by atoms with Gasteiger partial charge in [-0.1, -0.05) is 30.3 Å². The van der Waals surface area contributed by atoms with Crippen LogP contribution in [0.1, 0.15) is 16.1 Å². The van der Waals surface area contributed by atoms with Gasteiger partial charge in [-0.2, -0.15) is 5.10 Å². The number of H-pyrrole nitrogens is 2. The van der Waals surface area contributed by atoms with Crippen LogP contribution in [-0.2, 0) is 4.74 Å². The van der Waals surface area contributed by atoms with Gasteiger partial charge in [-0.05, 0) is 36.8 Å². The third-order valence-corrected chi connectivity index (χ3v) is 5.27. The van der Waals surface area contributed by atoms with Crippen LogP contribution in [0.15, 0.2) is 64.2 Å². The Labute approximate surface area is 180 Å². The third-order valence-electron chi connectivity index (χ3n) is 5.27. The Balaban J connectivity index is 1.91. The van der Waals surface area contributed by atoms with Crippen molar-refractivity contribution in [2.24, 2.45) is 0 Å². The lowest BCUT2D eigenvalue weighted by Gasteiger charge is -2.10. The van der Waals surface area contributed by atoms with Crippen LogP contribution < -0.4 is 11.2 Å². The fraction of sp³-hybridized carbons (Fsp3) is 0.0870. The topological polar surface area (TPSA) is 123 Å². The SMILES string of the molecule is COC(=O)c1ccc(-c2c3c(C)nn(-c4ccccc4)c3nc3[nH]c(=O)[nH]c(=O)c23)cc1. The van der Waals surface area contributed by atoms with Gasteiger partial charge in [0.1, 0.15) is 5.65 Å². The summed E-state index contributed by atoms with van der Waals surface area (Å²) in [5.74, 6) is -0.462. The van der Waals surface area contributed by atoms with Crippen molar-refractivity contribution < 1.29 is 9.53 Å². The minimum atomic E-state index is -0.649. The molecule has 0 saturated heterocycles. The number of rotatable bonds is 3. The number of carbonyl (C=O) groups is 1. The van der Waals surface area contributed by atoms with Crippen molar-refractivity contribution in [1.29, 1.82) is 0 Å². The number of esters is 1. The zero-order valence-electron chi connectivity index (χ0n) is 17.2. The molecule has 3 heterocycles. The number of pyridine rings is 1. The number of ether oxygens (including phenoxy) is 1. The molecule has 2 N–H and O–H groups in total. The molecule has 3 aromatic heterocycles. The van der Waals surface area contributed by atoms with Gasteiger partial charge in [0.25, 0.3) is 5.56 Å². The Hall–Kier alpha value is -4.53. The predicted molar refractivity (Wildman–Crippen MR) is 119 cm³/mol. The standard InChI is InChI=1S/C23H17N5O4/c1-12-16-17(13-8-10-14(11-9-13)22(30)32-2)18-19(25-23(31)26-21(18)29)24-20(16)28(27-12)15-6-4-3-5-7-15/h3-11H,1-2H3,(H2,24,25,26,29,31). The van der Waals surface area contributed by atoms with Crippen molar-refractivity contribution >= 4 is 28.0 Å². The van der Waals surface area contributed by atoms with E-state index < -0.39 is 17.2 Å². The molecule has 9 heteroatoms. The summed E-state index contributed by atoms with van der Waals surface area (Å²) in [5.41, 5.74) is 2.50. The second kappa shape index (κ2) is 7.31. The molecule has 2 aromatic carbocycles. The molecular formula is C23H17N5O4. The lowest BCUT2D eigenvalue weighted by atomic mass is 9.98. The predicted octanol–water partition coefficient (Wildman–Crippen LogP) is 2.71. The minimum absolute atomic E-state index is 0.148. The lowest BCUT2D eigenvalue weighted by molar-refractivity contribution is 0.0601. The minimum Gasteiger partial charge on any atom is -0.465 e. The van der Waals surface area contributed by atoms with E-state index in [1.54, 1.807) is 28.9 Å². The van der Waals surface area contributed by atoms with Crippen molar-refractivity contribution in [3.63, 3.8) is 0 Å². The fourth-order valence-electron chi connectivity index (χ4n) is 3.86. The summed E-state index contributed by atoms with van der Waals surface area (Å²) in [4.78, 5) is 46.1. The monoisotopic (exact) mass is 427 g/mol. The number of para-hydroxylation sites is 1. The fourth-order valence-corrected chi connectivity index (χ4v) is 3.86. The molecule has 9 nitrogen and oxygen atoms in total. The smallest absolute Gasteiger partial charge is 0.337 e. The van der Waals surface area contributed by atoms with Crippen LogP contribution in [0.4, 0.5) is 0 Å². The van der Waals surface area contributed by atoms with Gasteiger partial charge < -0.3 is 4.74 Å². The average Bonchev–Trinajstić information content (AvgIpc) is 3.13. The highest BCUT2D eigenvalue weighted by atomic mass is 16.5. The number of hydrogen-bond acceptors (Lipinski definition) is 6. The first-order chi connectivity index (χ1) is 15.5. The van der Waals surface area contributed by atoms with Crippen molar-refractivity contribution in [2.75, 3.05) is 7.11 Å². The number of nitrogens with one attached hydrogen (secondary N) is 2. The average molecular weight is 427 g/mol. The molecule has 0 radical (unpaired) electrons. The number of carbonyl (C=O) groups excluding carboxylic acids is 1. The van der Waals surface area contributed by atoms with E-state index in [9.17, 15) is 14.4 Å². The largest absolute Gasteiger partial charge is 0.465 e. The van der Waals surface area contributed by atoms with Crippen LogP contribution in [0.3, 0.4) is 0 Å². The van der Waals surface area contributed by atoms with Crippen molar-refractivity contribution in [3.05, 3.63) is 86.7 Å². The maximum Gasteiger partial charge on any atom is 0.337 e. The van der Waals surface area contributed by atoms with Gasteiger partial charge in [0.05, 0.1) is 34.8 Å². The Kier molecular flexibility index (Phi) is 4.44. The van der Waals surface area contributed by atoms with Crippen LogP contribution in [0.2, 0.25) is 0 Å². The number of aryl methyl sites for hydroxylation is 1. The molecule has 0 aliphatic rings. The van der Waals surface area contributed by atoms with Crippen molar-refractivity contribution in [2.45, 2.75) is 6.92 Å². The number of fused-ring (bicyclic) bond motifs is 2. The summed E-state index contributed by atoms with van der Waals surface area (Å²) < 4.78 is 6.45. The van der Waals surface area contributed by atoms with E-state index in [0.29, 0.717) is 33.4 Å². The molecular weight excluding hydrogens is 410 g/mol. The quantitative estimate of drug-likeness (QED) is 0.427. The van der Waals surface area contributed by atoms with Gasteiger partial charge in [-0.25, -0.2) is 19.3 Å². The van der Waals surface area contributed by atoms with Gasteiger partial charge in [0.2, 0.25) is 0 Å². The van der Waals surface area contributed by atoms with Gasteiger partial charge in [-0.15, -0.1) is 0 Å². The van der Waals surface area contributed by atoms with Crippen LogP contribution in [0, 0.1) is 6.92 Å². The molecule has 0 aliphatic carbocycles. The zero-order chi connectivity index (χ0) is 22.4. The molecule has 0 atom stereocenters. The van der Waals surface area contributed by atoms with Crippen LogP contribution in [-0.4, -0.2) is 37.8 Å². The summed E-state index contributed by atoms with van der Waals surface area (Å²) in [6.45, 7) is 1.83. The van der Waals surface area contributed by atoms with E-state index in [4.69, 9.17) is 4.74 Å². The Morgan fingerprint density at radius 2 is 1.69 bits per heavy atom. The van der Waals surface area contributed by atoms with E-state index in [1.165, 1.54) is 7.11 Å². The first-order valence-electron chi connectivity index (χ1n) is 9.77. The first-order valence-corrected chi connectivity index (χ1v) is 9.77. The number of aromatic nitrogens is 5. The number of hydrogen-bond donors (Lipinski definition) is 2. The van der Waals surface area contributed by atoms with Crippen LogP contribution in [0.25, 0.3) is 38.9 Å². The Morgan fingerprint density at radius 1 is 0.969 bits per heavy atom. The maximum absolute atomic E-state index is 12.8. The molecule has 0 fully saturated rings. The summed E-state index contributed by atoms with van der Waals surface area (Å²) in [6.07, 6.45) is 0. The van der Waals surface area contributed by atoms with E-state index in [1.807, 2.05) is 37.3 Å². The van der Waals surface area contributed by atoms with E-state index in [2.05, 4.69) is 20.1 Å². The Morgan fingerprint density at radius 3 is 2.38 bits per heavy atom. The normalized spacial score (nSPS) is 11.2. The van der Waals surface area contributed by atoms with Crippen LogP contribution >= 0.6 is 0 Å². The van der Waals surface area contributed by atoms with Crippen LogP contribution in [0.5, 0.6) is 0 Å². The molecule has 0 spiro atoms. The molecule has 32 heavy (non-hydrogen) atoms. The third kappa shape index (κ3) is 2.99. The molecule has 0 aliphatic heterocycles. The zero-order valence-corrected chi connectivity index (χ0v) is 17.2. The van der Waals surface area contributed by atoms with E-state index >= 15 is 0 Å². The highest BCUT2D eigenvalue weighted by Crippen LogP contribution is 2.35. The molecule has 0 unspecified atom stereocenters. The van der Waals surface area contributed by atoms with Gasteiger partial charge >= 0.3 is 11.7 Å². The lowest BCUT2D eigenvalue weighted by Crippen LogP contribution is -2.23. The molecule has 0 saturated carbocycles. The maximum atomic E-state index is 12.8.